The molecular formula is C8H14FNO6. The quantitative estimate of drug-likeness (QED) is 0.347. The molecule has 0 bridgehead atoms. The van der Waals surface area contributed by atoms with Gasteiger partial charge in [-0.15, -0.1) is 0 Å². The smallest absolute Gasteiger partial charge is 0.346 e. The van der Waals surface area contributed by atoms with E-state index in [-0.39, 0.29) is 0 Å². The van der Waals surface area contributed by atoms with Crippen LogP contribution in [-0.4, -0.2) is 62.7 Å². The summed E-state index contributed by atoms with van der Waals surface area (Å²) in [7, 11) is 0. The number of nitrogens with two attached hydrogens (primary N) is 1. The van der Waals surface area contributed by atoms with Gasteiger partial charge in [0.05, 0.1) is 6.61 Å². The molecule has 1 fully saturated rings. The third-order valence-corrected chi connectivity index (χ3v) is 2.75. The summed E-state index contributed by atoms with van der Waals surface area (Å²) in [5.74, 6) is -1.10. The van der Waals surface area contributed by atoms with Crippen LogP contribution in [0, 0.1) is 0 Å². The van der Waals surface area contributed by atoms with Crippen LogP contribution >= 0.6 is 0 Å². The van der Waals surface area contributed by atoms with Gasteiger partial charge in [-0.1, -0.05) is 0 Å². The molecule has 5 atom stereocenters. The first kappa shape index (κ1) is 13.4. The Labute approximate surface area is 90.2 Å². The molecule has 0 aliphatic carbocycles. The van der Waals surface area contributed by atoms with Crippen LogP contribution in [0.25, 0.3) is 0 Å². The van der Waals surface area contributed by atoms with Crippen LogP contribution in [0.15, 0.2) is 0 Å². The van der Waals surface area contributed by atoms with E-state index in [0.29, 0.717) is 0 Å². The summed E-state index contributed by atoms with van der Waals surface area (Å²) in [6.45, 7) is -0.0123. The molecule has 8 heteroatoms. The van der Waals surface area contributed by atoms with Crippen LogP contribution in [0.2, 0.25) is 0 Å². The third-order valence-electron chi connectivity index (χ3n) is 2.75. The van der Waals surface area contributed by atoms with Gasteiger partial charge >= 0.3 is 6.04 Å². The van der Waals surface area contributed by atoms with Gasteiger partial charge in [0.2, 0.25) is 0 Å². The topological polar surface area (TPSA) is 133 Å². The fraction of sp³-hybridized carbons (Fsp3) is 0.875. The summed E-state index contributed by atoms with van der Waals surface area (Å²) >= 11 is 0. The number of ether oxygens (including phenoxy) is 1. The highest BCUT2D eigenvalue weighted by Gasteiger charge is 2.66. The zero-order chi connectivity index (χ0) is 12.7. The van der Waals surface area contributed by atoms with Gasteiger partial charge in [-0.25, -0.2) is 0 Å². The lowest BCUT2D eigenvalue weighted by Gasteiger charge is -2.48. The maximum absolute atomic E-state index is 13.6. The number of rotatable bonds is 2. The van der Waals surface area contributed by atoms with Crippen molar-refractivity contribution in [2.45, 2.75) is 36.8 Å². The zero-order valence-electron chi connectivity index (χ0n) is 8.50. The van der Waals surface area contributed by atoms with Gasteiger partial charge in [0.1, 0.15) is 18.3 Å². The first-order valence-corrected chi connectivity index (χ1v) is 4.54. The summed E-state index contributed by atoms with van der Waals surface area (Å²) in [5, 5.41) is 36.9. The second-order valence-corrected chi connectivity index (χ2v) is 3.76. The second-order valence-electron chi connectivity index (χ2n) is 3.76. The third kappa shape index (κ3) is 1.63. The minimum atomic E-state index is -3.66. The average Bonchev–Trinajstić information content (AvgIpc) is 2.20. The number of ketones is 1. The highest BCUT2D eigenvalue weighted by atomic mass is 19.2. The summed E-state index contributed by atoms with van der Waals surface area (Å²) < 4.78 is 17.9. The number of aliphatic hydroxyl groups excluding tert-OH is 3. The largest absolute Gasteiger partial charge is 0.394 e. The Morgan fingerprint density at radius 3 is 2.44 bits per heavy atom. The highest BCUT2D eigenvalue weighted by molar-refractivity contribution is 5.88. The number of hydrogen-bond donors (Lipinski definition) is 5. The summed E-state index contributed by atoms with van der Waals surface area (Å²) in [6.07, 6.45) is -5.44. The van der Waals surface area contributed by atoms with E-state index in [0.717, 1.165) is 6.92 Å². The molecule has 0 aromatic heterocycles. The van der Waals surface area contributed by atoms with Gasteiger partial charge in [0, 0.05) is 0 Å². The van der Waals surface area contributed by atoms with Gasteiger partial charge in [0.25, 0.3) is 0 Å². The Morgan fingerprint density at radius 2 is 2.06 bits per heavy atom. The van der Waals surface area contributed by atoms with Gasteiger partial charge in [-0.3, -0.25) is 4.79 Å². The van der Waals surface area contributed by atoms with Crippen molar-refractivity contribution >= 4 is 5.78 Å². The van der Waals surface area contributed by atoms with Crippen LogP contribution in [0.4, 0.5) is 4.39 Å². The number of Topliss-reactive ketones (excluding diaryl/α,β-unsaturated/α-hetero) is 1. The lowest BCUT2D eigenvalue weighted by molar-refractivity contribution is -0.389. The van der Waals surface area contributed by atoms with Gasteiger partial charge in [-0.2, -0.15) is 4.39 Å². The van der Waals surface area contributed by atoms with Crippen molar-refractivity contribution in [3.05, 3.63) is 0 Å². The van der Waals surface area contributed by atoms with Crippen LogP contribution in [-0.2, 0) is 9.53 Å². The van der Waals surface area contributed by atoms with E-state index < -0.39 is 42.3 Å². The number of hydrogen-bond acceptors (Lipinski definition) is 7. The predicted molar refractivity (Wildman–Crippen MR) is 47.6 cm³/mol. The maximum atomic E-state index is 13.6. The molecule has 0 spiro atoms. The molecule has 7 nitrogen and oxygen atoms in total. The van der Waals surface area contributed by atoms with Gasteiger partial charge in [0.15, 0.2) is 11.3 Å². The average molecular weight is 239 g/mol. The molecule has 1 unspecified atom stereocenters. The molecule has 0 aromatic rings. The van der Waals surface area contributed by atoms with Crippen LogP contribution in [0.1, 0.15) is 6.92 Å². The van der Waals surface area contributed by atoms with E-state index in [9.17, 15) is 24.5 Å². The van der Waals surface area contributed by atoms with Crippen molar-refractivity contribution in [2.75, 3.05) is 6.61 Å². The van der Waals surface area contributed by atoms with E-state index in [1.165, 1.54) is 0 Å². The molecule has 1 aliphatic rings. The monoisotopic (exact) mass is 239 g/mol. The SMILES string of the molecule is CC(=O)[C@]1(N)[C@@H](O)[C@@H](O)[C@@H](CO)OC1(O)F. The molecule has 16 heavy (non-hydrogen) atoms. The van der Waals surface area contributed by atoms with Gasteiger partial charge in [-0.05, 0) is 6.92 Å². The summed E-state index contributed by atoms with van der Waals surface area (Å²) in [5.41, 5.74) is 2.45. The molecule has 1 heterocycles. The van der Waals surface area contributed by atoms with E-state index in [1.807, 2.05) is 0 Å². The minimum Gasteiger partial charge on any atom is -0.394 e. The first-order valence-electron chi connectivity index (χ1n) is 4.54. The number of carbonyl (C=O) groups excluding carboxylic acids is 1. The lowest BCUT2D eigenvalue weighted by atomic mass is 9.80. The summed E-state index contributed by atoms with van der Waals surface area (Å²) in [6, 6.07) is -3.66. The Balaban J connectivity index is 3.15. The van der Waals surface area contributed by atoms with Crippen LogP contribution < -0.4 is 5.73 Å². The molecule has 94 valence electrons. The van der Waals surface area contributed by atoms with Crippen molar-refractivity contribution < 1.29 is 34.3 Å². The first-order chi connectivity index (χ1) is 7.18. The van der Waals surface area contributed by atoms with Crippen LogP contribution in [0.3, 0.4) is 0 Å². The van der Waals surface area contributed by atoms with Crippen molar-refractivity contribution in [1.82, 2.24) is 0 Å². The van der Waals surface area contributed by atoms with Crippen molar-refractivity contribution in [3.8, 4) is 0 Å². The number of carbonyl (C=O) groups is 1. The summed E-state index contributed by atoms with van der Waals surface area (Å²) in [4.78, 5) is 11.1. The van der Waals surface area contributed by atoms with Crippen LogP contribution in [0.5, 0.6) is 0 Å². The minimum absolute atomic E-state index is 0.836. The van der Waals surface area contributed by atoms with Crippen molar-refractivity contribution in [1.29, 1.82) is 0 Å². The number of alkyl halides is 1. The molecule has 6 N–H and O–H groups in total. The highest BCUT2D eigenvalue weighted by Crippen LogP contribution is 2.36. The number of aliphatic hydroxyl groups is 4. The van der Waals surface area contributed by atoms with Gasteiger partial charge < -0.3 is 30.9 Å². The number of halogens is 1. The molecule has 0 radical (unpaired) electrons. The second kappa shape index (κ2) is 3.99. The molecule has 1 rings (SSSR count). The molecule has 0 saturated carbocycles. The Hall–Kier alpha value is -0.640. The van der Waals surface area contributed by atoms with E-state index >= 15 is 0 Å². The molecule has 0 amide bonds. The molecular weight excluding hydrogens is 225 g/mol. The van der Waals surface area contributed by atoms with E-state index in [4.69, 9.17) is 10.8 Å². The fourth-order valence-electron chi connectivity index (χ4n) is 1.59. The standard InChI is InChI=1S/C8H14FNO6/c1-3(12)7(10)6(14)5(13)4(2-11)16-8(7,9)15/h4-6,11,13-15H,2,10H2,1H3/t4-,5+,6+,7+,8?/m1/s1. The lowest BCUT2D eigenvalue weighted by Crippen LogP contribution is -2.78. The maximum Gasteiger partial charge on any atom is 0.346 e. The van der Waals surface area contributed by atoms with E-state index in [1.54, 1.807) is 0 Å². The molecule has 0 aromatic carbocycles. The van der Waals surface area contributed by atoms with E-state index in [2.05, 4.69) is 4.74 Å². The Kier molecular flexibility index (Phi) is 3.34. The molecule has 1 saturated heterocycles. The molecule has 1 aliphatic heterocycles. The zero-order valence-corrected chi connectivity index (χ0v) is 8.50. The Bertz CT molecular complexity index is 298. The fourth-order valence-corrected chi connectivity index (χ4v) is 1.59. The normalized spacial score (nSPS) is 49.1. The van der Waals surface area contributed by atoms with Crippen molar-refractivity contribution in [3.63, 3.8) is 0 Å². The van der Waals surface area contributed by atoms with Crippen molar-refractivity contribution in [2.24, 2.45) is 5.73 Å². The Morgan fingerprint density at radius 1 is 1.56 bits per heavy atom. The predicted octanol–water partition coefficient (Wildman–Crippen LogP) is -3.00.